The van der Waals surface area contributed by atoms with Crippen molar-refractivity contribution in [2.75, 3.05) is 26.2 Å². The minimum atomic E-state index is -3.64. The average molecular weight is 397 g/mol. The van der Waals surface area contributed by atoms with Gasteiger partial charge in [-0.15, -0.1) is 11.3 Å². The number of piperazine rings is 1. The first-order chi connectivity index (χ1) is 12.4. The van der Waals surface area contributed by atoms with Crippen LogP contribution in [-0.4, -0.2) is 60.0 Å². The highest BCUT2D eigenvalue weighted by atomic mass is 32.2. The summed E-state index contributed by atoms with van der Waals surface area (Å²) in [5, 5.41) is 14.4. The van der Waals surface area contributed by atoms with Crippen LogP contribution >= 0.6 is 11.3 Å². The second-order valence-electron chi connectivity index (χ2n) is 6.63. The summed E-state index contributed by atoms with van der Waals surface area (Å²) >= 11 is 0.946. The van der Waals surface area contributed by atoms with Crippen molar-refractivity contribution in [3.63, 3.8) is 0 Å². The third-order valence-electron chi connectivity index (χ3n) is 4.70. The first kappa shape index (κ1) is 17.7. The Bertz CT molecular complexity index is 908. The van der Waals surface area contributed by atoms with Crippen LogP contribution in [0.2, 0.25) is 0 Å². The molecular formula is C16H19N3O5S2. The van der Waals surface area contributed by atoms with E-state index in [9.17, 15) is 13.2 Å². The van der Waals surface area contributed by atoms with Gasteiger partial charge in [-0.25, -0.2) is 13.2 Å². The Kier molecular flexibility index (Phi) is 4.59. The van der Waals surface area contributed by atoms with Crippen LogP contribution in [0.4, 0.5) is 0 Å². The Morgan fingerprint density at radius 3 is 2.62 bits per heavy atom. The lowest BCUT2D eigenvalue weighted by atomic mass is 10.2. The fraction of sp³-hybridized carbons (Fsp3) is 0.500. The molecule has 2 fully saturated rings. The van der Waals surface area contributed by atoms with E-state index < -0.39 is 16.0 Å². The molecule has 0 atom stereocenters. The van der Waals surface area contributed by atoms with E-state index in [0.717, 1.165) is 22.8 Å². The van der Waals surface area contributed by atoms with E-state index in [1.165, 1.54) is 28.6 Å². The predicted molar refractivity (Wildman–Crippen MR) is 93.8 cm³/mol. The maximum atomic E-state index is 12.7. The molecule has 2 aromatic heterocycles. The third-order valence-corrected chi connectivity index (χ3v) is 8.01. The van der Waals surface area contributed by atoms with E-state index in [1.807, 2.05) is 6.07 Å². The molecule has 8 nitrogen and oxygen atoms in total. The van der Waals surface area contributed by atoms with Gasteiger partial charge in [0.25, 0.3) is 10.0 Å². The molecule has 2 aromatic rings. The number of nitrogens with zero attached hydrogens (tertiary/aromatic N) is 3. The quantitative estimate of drug-likeness (QED) is 0.793. The third kappa shape index (κ3) is 3.54. The Morgan fingerprint density at radius 2 is 2.00 bits per heavy atom. The van der Waals surface area contributed by atoms with Gasteiger partial charge in [0.05, 0.1) is 17.8 Å². The molecule has 3 heterocycles. The minimum Gasteiger partial charge on any atom is -0.478 e. The molecule has 26 heavy (non-hydrogen) atoms. The molecule has 1 N–H and O–H groups in total. The number of carboxylic acids is 1. The smallest absolute Gasteiger partial charge is 0.336 e. The van der Waals surface area contributed by atoms with Crippen molar-refractivity contribution in [3.8, 4) is 0 Å². The molecule has 4 rings (SSSR count). The van der Waals surface area contributed by atoms with Gasteiger partial charge in [0.15, 0.2) is 5.76 Å². The summed E-state index contributed by atoms with van der Waals surface area (Å²) in [6, 6.07) is 3.22. The van der Waals surface area contributed by atoms with Crippen molar-refractivity contribution in [2.45, 2.75) is 29.5 Å². The number of rotatable bonds is 6. The van der Waals surface area contributed by atoms with E-state index in [2.05, 4.69) is 10.1 Å². The highest BCUT2D eigenvalue weighted by Gasteiger charge is 2.31. The van der Waals surface area contributed by atoms with Gasteiger partial charge in [-0.05, 0) is 18.9 Å². The van der Waals surface area contributed by atoms with Crippen LogP contribution in [0.25, 0.3) is 0 Å². The molecule has 140 valence electrons. The molecule has 1 saturated carbocycles. The second-order valence-corrected chi connectivity index (χ2v) is 9.71. The van der Waals surface area contributed by atoms with Crippen LogP contribution in [0.15, 0.2) is 26.2 Å². The van der Waals surface area contributed by atoms with Crippen molar-refractivity contribution < 1.29 is 22.8 Å². The number of carboxylic acid groups (broad SMARTS) is 1. The number of carbonyl (C=O) groups is 1. The largest absolute Gasteiger partial charge is 0.478 e. The monoisotopic (exact) mass is 397 g/mol. The summed E-state index contributed by atoms with van der Waals surface area (Å²) in [6.45, 7) is 2.54. The highest BCUT2D eigenvalue weighted by molar-refractivity contribution is 7.91. The number of hydrogen-bond acceptors (Lipinski definition) is 7. The Labute approximate surface area is 155 Å². The molecule has 0 bridgehead atoms. The summed E-state index contributed by atoms with van der Waals surface area (Å²) in [7, 11) is -3.64. The fourth-order valence-electron chi connectivity index (χ4n) is 3.01. The molecule has 2 aliphatic rings. The molecule has 0 amide bonds. The lowest BCUT2D eigenvalue weighted by Gasteiger charge is -2.33. The van der Waals surface area contributed by atoms with Crippen molar-refractivity contribution in [2.24, 2.45) is 0 Å². The Balaban J connectivity index is 1.36. The molecule has 0 radical (unpaired) electrons. The number of aromatic carboxylic acids is 1. The van der Waals surface area contributed by atoms with Crippen LogP contribution in [0.3, 0.4) is 0 Å². The van der Waals surface area contributed by atoms with E-state index in [0.29, 0.717) is 38.6 Å². The van der Waals surface area contributed by atoms with Gasteiger partial charge < -0.3 is 9.63 Å². The molecule has 0 spiro atoms. The van der Waals surface area contributed by atoms with Crippen LogP contribution in [0, 0.1) is 0 Å². The average Bonchev–Trinajstić information content (AvgIpc) is 3.15. The van der Waals surface area contributed by atoms with Gasteiger partial charge in [-0.3, -0.25) is 4.90 Å². The van der Waals surface area contributed by atoms with E-state index >= 15 is 0 Å². The summed E-state index contributed by atoms with van der Waals surface area (Å²) in [5.41, 5.74) is 1.03. The molecule has 0 unspecified atom stereocenters. The maximum Gasteiger partial charge on any atom is 0.336 e. The minimum absolute atomic E-state index is 0.00370. The van der Waals surface area contributed by atoms with Crippen molar-refractivity contribution in [3.05, 3.63) is 34.5 Å². The molecular weight excluding hydrogens is 378 g/mol. The van der Waals surface area contributed by atoms with Crippen LogP contribution in [0.5, 0.6) is 0 Å². The van der Waals surface area contributed by atoms with E-state index in [4.69, 9.17) is 9.63 Å². The number of thiophene rings is 1. The standard InChI is InChI=1S/C16H19N3O5S2/c20-16(21)12-7-15(25-10-12)26(22,23)19-5-3-18(4-6-19)9-13-8-14(17-24-13)11-1-2-11/h7-8,10-11H,1-6,9H2,(H,20,21). The Morgan fingerprint density at radius 1 is 1.27 bits per heavy atom. The van der Waals surface area contributed by atoms with Crippen LogP contribution < -0.4 is 0 Å². The molecule has 10 heteroatoms. The van der Waals surface area contributed by atoms with E-state index in [-0.39, 0.29) is 9.77 Å². The number of aromatic nitrogens is 1. The van der Waals surface area contributed by atoms with Gasteiger partial charge >= 0.3 is 5.97 Å². The lowest BCUT2D eigenvalue weighted by Crippen LogP contribution is -2.48. The summed E-state index contributed by atoms with van der Waals surface area (Å²) in [4.78, 5) is 13.1. The van der Waals surface area contributed by atoms with Crippen molar-refractivity contribution in [1.29, 1.82) is 0 Å². The summed E-state index contributed by atoms with van der Waals surface area (Å²) in [6.07, 6.45) is 2.35. The second kappa shape index (κ2) is 6.76. The number of sulfonamides is 1. The predicted octanol–water partition coefficient (Wildman–Crippen LogP) is 1.82. The first-order valence-corrected chi connectivity index (χ1v) is 10.8. The zero-order chi connectivity index (χ0) is 18.3. The van der Waals surface area contributed by atoms with Crippen LogP contribution in [0.1, 0.15) is 40.6 Å². The van der Waals surface area contributed by atoms with Gasteiger partial charge in [-0.1, -0.05) is 5.16 Å². The van der Waals surface area contributed by atoms with Gasteiger partial charge in [0.2, 0.25) is 0 Å². The molecule has 1 aliphatic heterocycles. The highest BCUT2D eigenvalue weighted by Crippen LogP contribution is 2.39. The van der Waals surface area contributed by atoms with Gasteiger partial charge in [0.1, 0.15) is 4.21 Å². The summed E-state index contributed by atoms with van der Waals surface area (Å²) in [5.74, 6) is 0.244. The maximum absolute atomic E-state index is 12.7. The van der Waals surface area contributed by atoms with Crippen LogP contribution in [-0.2, 0) is 16.6 Å². The summed E-state index contributed by atoms with van der Waals surface area (Å²) < 4.78 is 32.2. The first-order valence-electron chi connectivity index (χ1n) is 8.43. The lowest BCUT2D eigenvalue weighted by molar-refractivity contribution is 0.0697. The normalized spacial score (nSPS) is 19.7. The fourth-order valence-corrected chi connectivity index (χ4v) is 5.74. The zero-order valence-corrected chi connectivity index (χ0v) is 15.6. The van der Waals surface area contributed by atoms with E-state index in [1.54, 1.807) is 0 Å². The SMILES string of the molecule is O=C(O)c1csc(S(=O)(=O)N2CCN(Cc3cc(C4CC4)no3)CC2)c1. The molecule has 0 aromatic carbocycles. The topological polar surface area (TPSA) is 104 Å². The van der Waals surface area contributed by atoms with Gasteiger partial charge in [0, 0.05) is 43.5 Å². The van der Waals surface area contributed by atoms with Gasteiger partial charge in [-0.2, -0.15) is 4.31 Å². The van der Waals surface area contributed by atoms with Crippen molar-refractivity contribution in [1.82, 2.24) is 14.4 Å². The molecule has 1 saturated heterocycles. The zero-order valence-electron chi connectivity index (χ0n) is 14.0. The number of hydrogen-bond donors (Lipinski definition) is 1. The molecule has 1 aliphatic carbocycles. The Hall–Kier alpha value is -1.75. The van der Waals surface area contributed by atoms with Crippen molar-refractivity contribution >= 4 is 27.3 Å².